The molecule has 1 aromatic carbocycles. The Morgan fingerprint density at radius 1 is 1.26 bits per heavy atom. The molecular weight excluding hydrogens is 360 g/mol. The molecule has 0 spiro atoms. The van der Waals surface area contributed by atoms with E-state index in [2.05, 4.69) is 31.2 Å². The average molecular weight is 365 g/mol. The van der Waals surface area contributed by atoms with Crippen molar-refractivity contribution in [1.29, 1.82) is 0 Å². The molecular formula is C11H5BrCl2FN3O. The highest BCUT2D eigenvalue weighted by Crippen LogP contribution is 2.27. The molecule has 4 nitrogen and oxygen atoms in total. The lowest BCUT2D eigenvalue weighted by molar-refractivity contribution is 0.102. The Labute approximate surface area is 126 Å². The number of aromatic nitrogens is 2. The Balaban J connectivity index is 2.34. The Morgan fingerprint density at radius 2 is 1.89 bits per heavy atom. The number of benzene rings is 1. The third-order valence-electron chi connectivity index (χ3n) is 2.19. The van der Waals surface area contributed by atoms with Gasteiger partial charge >= 0.3 is 0 Å². The number of amides is 1. The van der Waals surface area contributed by atoms with Crippen LogP contribution in [-0.2, 0) is 0 Å². The summed E-state index contributed by atoms with van der Waals surface area (Å²) in [6.07, 6.45) is 1.15. The van der Waals surface area contributed by atoms with Crippen LogP contribution in [-0.4, -0.2) is 15.9 Å². The van der Waals surface area contributed by atoms with Crippen LogP contribution in [0, 0.1) is 5.82 Å². The number of carbonyl (C=O) groups is 1. The lowest BCUT2D eigenvalue weighted by atomic mass is 10.2. The van der Waals surface area contributed by atoms with E-state index in [1.807, 2.05) is 0 Å². The number of nitrogens with one attached hydrogen (secondary N) is 1. The van der Waals surface area contributed by atoms with Crippen LogP contribution in [0.2, 0.25) is 10.3 Å². The van der Waals surface area contributed by atoms with E-state index in [-0.39, 0.29) is 26.0 Å². The summed E-state index contributed by atoms with van der Waals surface area (Å²) in [5.41, 5.74) is -0.111. The fourth-order valence-corrected chi connectivity index (χ4v) is 2.08. The third kappa shape index (κ3) is 3.02. The van der Waals surface area contributed by atoms with Crippen LogP contribution in [0.25, 0.3) is 0 Å². The quantitative estimate of drug-likeness (QED) is 0.821. The molecule has 8 heteroatoms. The van der Waals surface area contributed by atoms with Crippen LogP contribution in [0.4, 0.5) is 10.1 Å². The molecule has 19 heavy (non-hydrogen) atoms. The Kier molecular flexibility index (Phi) is 4.34. The van der Waals surface area contributed by atoms with Crippen molar-refractivity contribution in [3.8, 4) is 0 Å². The Morgan fingerprint density at radius 3 is 2.53 bits per heavy atom. The summed E-state index contributed by atoms with van der Waals surface area (Å²) in [5.74, 6) is -1.37. The van der Waals surface area contributed by atoms with Crippen molar-refractivity contribution in [2.24, 2.45) is 0 Å². The second kappa shape index (κ2) is 5.81. The molecule has 98 valence electrons. The minimum absolute atomic E-state index is 0.0243. The molecule has 0 atom stereocenters. The third-order valence-corrected chi connectivity index (χ3v) is 3.38. The zero-order chi connectivity index (χ0) is 14.0. The molecule has 0 aliphatic rings. The summed E-state index contributed by atoms with van der Waals surface area (Å²) in [4.78, 5) is 19.3. The van der Waals surface area contributed by atoms with E-state index in [4.69, 9.17) is 23.2 Å². The number of rotatable bonds is 2. The van der Waals surface area contributed by atoms with Gasteiger partial charge in [-0.2, -0.15) is 0 Å². The molecule has 0 unspecified atom stereocenters. The van der Waals surface area contributed by atoms with Gasteiger partial charge in [0.05, 0.1) is 10.0 Å². The first-order valence-electron chi connectivity index (χ1n) is 4.92. The van der Waals surface area contributed by atoms with Gasteiger partial charge in [0.15, 0.2) is 10.3 Å². The highest BCUT2D eigenvalue weighted by molar-refractivity contribution is 9.10. The van der Waals surface area contributed by atoms with Gasteiger partial charge in [0.25, 0.3) is 5.91 Å². The average Bonchev–Trinajstić information content (AvgIpc) is 2.37. The van der Waals surface area contributed by atoms with E-state index < -0.39 is 11.7 Å². The van der Waals surface area contributed by atoms with Gasteiger partial charge in [-0.25, -0.2) is 14.4 Å². The lowest BCUT2D eigenvalue weighted by Crippen LogP contribution is -2.15. The van der Waals surface area contributed by atoms with E-state index in [0.29, 0.717) is 0 Å². The molecule has 2 rings (SSSR count). The van der Waals surface area contributed by atoms with Crippen LogP contribution in [0.5, 0.6) is 0 Å². The number of hydrogen-bond acceptors (Lipinski definition) is 3. The van der Waals surface area contributed by atoms with Gasteiger partial charge in [-0.3, -0.25) is 4.79 Å². The van der Waals surface area contributed by atoms with E-state index in [0.717, 1.165) is 6.33 Å². The molecule has 0 saturated heterocycles. The predicted molar refractivity (Wildman–Crippen MR) is 74.1 cm³/mol. The topological polar surface area (TPSA) is 54.9 Å². The van der Waals surface area contributed by atoms with Gasteiger partial charge in [-0.05, 0) is 28.1 Å². The fraction of sp³-hybridized carbons (Fsp3) is 0. The molecule has 0 aliphatic heterocycles. The van der Waals surface area contributed by atoms with Crippen molar-refractivity contribution in [3.63, 3.8) is 0 Å². The summed E-state index contributed by atoms with van der Waals surface area (Å²) in [5, 5.41) is 2.33. The second-order valence-corrected chi connectivity index (χ2v) is 4.96. The van der Waals surface area contributed by atoms with Crippen LogP contribution in [0.3, 0.4) is 0 Å². The second-order valence-electron chi connectivity index (χ2n) is 3.39. The molecule has 0 bridgehead atoms. The summed E-state index contributed by atoms with van der Waals surface area (Å²) in [6, 6.07) is 4.35. The summed E-state index contributed by atoms with van der Waals surface area (Å²) >= 11 is 14.6. The maximum Gasteiger partial charge on any atom is 0.258 e. The van der Waals surface area contributed by atoms with Crippen LogP contribution >= 0.6 is 39.1 Å². The van der Waals surface area contributed by atoms with Crippen molar-refractivity contribution in [2.75, 3.05) is 5.32 Å². The van der Waals surface area contributed by atoms with Crippen molar-refractivity contribution < 1.29 is 9.18 Å². The monoisotopic (exact) mass is 363 g/mol. The molecule has 0 aliphatic carbocycles. The van der Waals surface area contributed by atoms with Crippen molar-refractivity contribution in [1.82, 2.24) is 9.97 Å². The minimum Gasteiger partial charge on any atom is -0.317 e. The van der Waals surface area contributed by atoms with E-state index in [1.54, 1.807) is 0 Å². The Bertz CT molecular complexity index is 634. The zero-order valence-corrected chi connectivity index (χ0v) is 12.2. The molecule has 1 aromatic heterocycles. The normalized spacial score (nSPS) is 10.3. The molecule has 0 saturated carbocycles. The SMILES string of the molecule is O=C(Nc1c(Cl)ncnc1Cl)c1cccc(Br)c1F. The molecule has 1 amide bonds. The highest BCUT2D eigenvalue weighted by atomic mass is 79.9. The van der Waals surface area contributed by atoms with Crippen molar-refractivity contribution >= 4 is 50.7 Å². The van der Waals surface area contributed by atoms with Crippen molar-refractivity contribution in [3.05, 3.63) is 50.7 Å². The molecule has 2 aromatic rings. The summed E-state index contributed by atoms with van der Waals surface area (Å²) in [6.45, 7) is 0. The molecule has 0 fully saturated rings. The van der Waals surface area contributed by atoms with Gasteiger partial charge in [0.1, 0.15) is 17.8 Å². The minimum atomic E-state index is -0.697. The number of hydrogen-bond donors (Lipinski definition) is 1. The van der Waals surface area contributed by atoms with E-state index in [1.165, 1.54) is 18.2 Å². The van der Waals surface area contributed by atoms with Gasteiger partial charge in [-0.1, -0.05) is 29.3 Å². The van der Waals surface area contributed by atoms with Gasteiger partial charge in [-0.15, -0.1) is 0 Å². The number of carbonyl (C=O) groups excluding carboxylic acids is 1. The lowest BCUT2D eigenvalue weighted by Gasteiger charge is -2.08. The molecule has 0 radical (unpaired) electrons. The summed E-state index contributed by atoms with van der Waals surface area (Å²) in [7, 11) is 0. The maximum absolute atomic E-state index is 13.8. The zero-order valence-electron chi connectivity index (χ0n) is 9.12. The number of anilines is 1. The first-order valence-corrected chi connectivity index (χ1v) is 6.47. The summed E-state index contributed by atoms with van der Waals surface area (Å²) < 4.78 is 13.9. The highest BCUT2D eigenvalue weighted by Gasteiger charge is 2.17. The first kappa shape index (κ1) is 14.2. The maximum atomic E-state index is 13.8. The first-order chi connectivity index (χ1) is 9.00. The van der Waals surface area contributed by atoms with Gasteiger partial charge in [0, 0.05) is 0 Å². The number of halogens is 4. The Hall–Kier alpha value is -1.24. The standard InChI is InChI=1S/C11H5BrCl2FN3O/c12-6-3-1-2-5(7(6)15)11(19)18-8-9(13)16-4-17-10(8)14/h1-4H,(H,18,19). The molecule has 1 heterocycles. The van der Waals surface area contributed by atoms with Crippen LogP contribution in [0.15, 0.2) is 29.0 Å². The van der Waals surface area contributed by atoms with Gasteiger partial charge < -0.3 is 5.32 Å². The van der Waals surface area contributed by atoms with Crippen LogP contribution in [0.1, 0.15) is 10.4 Å². The van der Waals surface area contributed by atoms with E-state index in [9.17, 15) is 9.18 Å². The smallest absolute Gasteiger partial charge is 0.258 e. The van der Waals surface area contributed by atoms with Gasteiger partial charge in [0.2, 0.25) is 0 Å². The molecule has 1 N–H and O–H groups in total. The largest absolute Gasteiger partial charge is 0.317 e. The number of nitrogens with zero attached hydrogens (tertiary/aromatic N) is 2. The van der Waals surface area contributed by atoms with Crippen LogP contribution < -0.4 is 5.32 Å². The predicted octanol–water partition coefficient (Wildman–Crippen LogP) is 3.94. The van der Waals surface area contributed by atoms with Crippen molar-refractivity contribution in [2.45, 2.75) is 0 Å². The van der Waals surface area contributed by atoms with E-state index >= 15 is 0 Å². The fourth-order valence-electron chi connectivity index (χ4n) is 1.31.